The fourth-order valence-corrected chi connectivity index (χ4v) is 2.48. The van der Waals surface area contributed by atoms with Gasteiger partial charge in [-0.15, -0.1) is 13.2 Å². The molecule has 1 aromatic heterocycles. The van der Waals surface area contributed by atoms with Gasteiger partial charge in [0.2, 0.25) is 5.95 Å². The third-order valence-corrected chi connectivity index (χ3v) is 3.79. The van der Waals surface area contributed by atoms with Gasteiger partial charge in [0, 0.05) is 19.2 Å². The molecule has 0 spiro atoms. The molecule has 1 aromatic carbocycles. The Morgan fingerprint density at radius 2 is 1.96 bits per heavy atom. The Bertz CT molecular complexity index is 681. The van der Waals surface area contributed by atoms with Crippen LogP contribution in [0.5, 0.6) is 0 Å². The zero-order valence-electron chi connectivity index (χ0n) is 12.9. The van der Waals surface area contributed by atoms with Crippen molar-refractivity contribution in [2.45, 2.75) is 18.9 Å². The van der Waals surface area contributed by atoms with E-state index in [1.807, 2.05) is 37.3 Å². The number of carbonyl (C=O) groups is 1. The van der Waals surface area contributed by atoms with Gasteiger partial charge in [0.05, 0.1) is 0 Å². The Hall–Kier alpha value is -2.40. The van der Waals surface area contributed by atoms with Crippen molar-refractivity contribution in [3.05, 3.63) is 66.5 Å². The molecule has 0 N–H and O–H groups in total. The van der Waals surface area contributed by atoms with Gasteiger partial charge < -0.3 is 4.74 Å². The van der Waals surface area contributed by atoms with Gasteiger partial charge >= 0.3 is 6.09 Å². The predicted molar refractivity (Wildman–Crippen MR) is 90.5 cm³/mol. The minimum atomic E-state index is -0.632. The maximum Gasteiger partial charge on any atom is 0.417 e. The zero-order valence-corrected chi connectivity index (χ0v) is 13.7. The average Bonchev–Trinajstić information content (AvgIpc) is 2.57. The van der Waals surface area contributed by atoms with E-state index in [-0.39, 0.29) is 5.95 Å². The summed E-state index contributed by atoms with van der Waals surface area (Å²) in [6, 6.07) is 11.3. The first-order valence-corrected chi connectivity index (χ1v) is 7.51. The van der Waals surface area contributed by atoms with Crippen LogP contribution in [0.25, 0.3) is 0 Å². The molecule has 6 heteroatoms. The van der Waals surface area contributed by atoms with Crippen molar-refractivity contribution in [3.8, 4) is 0 Å². The van der Waals surface area contributed by atoms with Crippen LogP contribution < -0.4 is 4.90 Å². The highest BCUT2D eigenvalue weighted by molar-refractivity contribution is 6.29. The number of cyclic esters (lactones) is 1. The lowest BCUT2D eigenvalue weighted by Gasteiger charge is -2.38. The van der Waals surface area contributed by atoms with Gasteiger partial charge in [-0.1, -0.05) is 41.9 Å². The van der Waals surface area contributed by atoms with Gasteiger partial charge in [0.1, 0.15) is 10.8 Å². The summed E-state index contributed by atoms with van der Waals surface area (Å²) in [5, 5.41) is 0.296. The number of hydrogen-bond donors (Lipinski definition) is 0. The van der Waals surface area contributed by atoms with Crippen molar-refractivity contribution in [1.82, 2.24) is 9.97 Å². The topological polar surface area (TPSA) is 55.3 Å². The molecule has 2 aromatic rings. The van der Waals surface area contributed by atoms with Gasteiger partial charge in [0.15, 0.2) is 0 Å². The summed E-state index contributed by atoms with van der Waals surface area (Å²) in [6.45, 7) is 8.39. The number of anilines is 1. The normalized spacial score (nSPS) is 20.3. The van der Waals surface area contributed by atoms with Crippen molar-refractivity contribution in [1.29, 1.82) is 0 Å². The second-order valence-corrected chi connectivity index (χ2v) is 5.43. The molecule has 1 amide bonds. The standard InChI is InChI=1S/C15H14ClN3O2.C2H4/c1-15(11-5-3-2-4-6-11)8-10-19(14(20)21-15)13-17-9-7-12(16)18-13;1-2/h2-7,9H,8,10H2,1H3;1-2H2. The van der Waals surface area contributed by atoms with Crippen LogP contribution in [0, 0.1) is 0 Å². The molecular weight excluding hydrogens is 314 g/mol. The Labute approximate surface area is 140 Å². The highest BCUT2D eigenvalue weighted by atomic mass is 35.5. The third-order valence-electron chi connectivity index (χ3n) is 3.58. The second kappa shape index (κ2) is 7.24. The van der Waals surface area contributed by atoms with Crippen LogP contribution in [-0.2, 0) is 10.3 Å². The second-order valence-electron chi connectivity index (χ2n) is 5.05. The van der Waals surface area contributed by atoms with Gasteiger partial charge in [-0.3, -0.25) is 0 Å². The Balaban J connectivity index is 0.000000924. The highest BCUT2D eigenvalue weighted by Gasteiger charge is 2.39. The maximum atomic E-state index is 12.3. The molecule has 0 saturated carbocycles. The number of carbonyl (C=O) groups excluding carboxylic acids is 1. The SMILES string of the molecule is C=C.CC1(c2ccccc2)CCN(c2nccc(Cl)n2)C(=O)O1. The number of benzene rings is 1. The first-order chi connectivity index (χ1) is 11.1. The number of amides is 1. The number of nitrogens with zero attached hydrogens (tertiary/aromatic N) is 3. The van der Waals surface area contributed by atoms with E-state index in [9.17, 15) is 4.79 Å². The van der Waals surface area contributed by atoms with Crippen LogP contribution in [0.1, 0.15) is 18.9 Å². The number of ether oxygens (including phenoxy) is 1. The molecule has 120 valence electrons. The average molecular weight is 332 g/mol. The molecule has 23 heavy (non-hydrogen) atoms. The van der Waals surface area contributed by atoms with Crippen LogP contribution in [0.3, 0.4) is 0 Å². The number of rotatable bonds is 2. The van der Waals surface area contributed by atoms with E-state index in [2.05, 4.69) is 23.1 Å². The Morgan fingerprint density at radius 3 is 2.57 bits per heavy atom. The summed E-state index contributed by atoms with van der Waals surface area (Å²) in [7, 11) is 0. The summed E-state index contributed by atoms with van der Waals surface area (Å²) in [6.07, 6.45) is 1.71. The fraction of sp³-hybridized carbons (Fsp3) is 0.235. The van der Waals surface area contributed by atoms with Gasteiger partial charge in [0.25, 0.3) is 0 Å². The van der Waals surface area contributed by atoms with Gasteiger partial charge in [-0.05, 0) is 18.6 Å². The van der Waals surface area contributed by atoms with E-state index in [1.165, 1.54) is 11.1 Å². The van der Waals surface area contributed by atoms with Crippen LogP contribution in [-0.4, -0.2) is 22.6 Å². The van der Waals surface area contributed by atoms with Crippen LogP contribution in [0.15, 0.2) is 55.8 Å². The molecule has 1 unspecified atom stereocenters. The molecule has 1 aliphatic heterocycles. The van der Waals surface area contributed by atoms with E-state index < -0.39 is 11.7 Å². The zero-order chi connectivity index (χ0) is 16.9. The van der Waals surface area contributed by atoms with Crippen molar-refractivity contribution < 1.29 is 9.53 Å². The molecule has 0 radical (unpaired) electrons. The molecule has 1 atom stereocenters. The predicted octanol–water partition coefficient (Wildman–Crippen LogP) is 4.19. The Kier molecular flexibility index (Phi) is 5.34. The molecule has 2 heterocycles. The van der Waals surface area contributed by atoms with Gasteiger partial charge in [-0.2, -0.15) is 0 Å². The lowest BCUT2D eigenvalue weighted by atomic mass is 9.91. The summed E-state index contributed by atoms with van der Waals surface area (Å²) in [5.41, 5.74) is 0.345. The molecule has 0 aliphatic carbocycles. The third kappa shape index (κ3) is 3.68. The summed E-state index contributed by atoms with van der Waals surface area (Å²) < 4.78 is 5.63. The van der Waals surface area contributed by atoms with Crippen molar-refractivity contribution in [2.24, 2.45) is 0 Å². The van der Waals surface area contributed by atoms with E-state index in [0.717, 1.165) is 5.56 Å². The molecule has 3 rings (SSSR count). The lowest BCUT2D eigenvalue weighted by Crippen LogP contribution is -2.47. The lowest BCUT2D eigenvalue weighted by molar-refractivity contribution is 0.00545. The van der Waals surface area contributed by atoms with E-state index in [1.54, 1.807) is 6.07 Å². The van der Waals surface area contributed by atoms with Crippen LogP contribution >= 0.6 is 11.6 Å². The fourth-order valence-electron chi connectivity index (χ4n) is 2.35. The minimum Gasteiger partial charge on any atom is -0.438 e. The van der Waals surface area contributed by atoms with Crippen LogP contribution in [0.2, 0.25) is 5.15 Å². The number of hydrogen-bond acceptors (Lipinski definition) is 4. The van der Waals surface area contributed by atoms with E-state index in [0.29, 0.717) is 18.1 Å². The van der Waals surface area contributed by atoms with Crippen molar-refractivity contribution in [2.75, 3.05) is 11.4 Å². The molecule has 0 bridgehead atoms. The van der Waals surface area contributed by atoms with E-state index >= 15 is 0 Å². The molecular formula is C17H18ClN3O2. The van der Waals surface area contributed by atoms with Crippen molar-refractivity contribution >= 4 is 23.6 Å². The number of aromatic nitrogens is 2. The summed E-state index contributed by atoms with van der Waals surface area (Å²) in [5.74, 6) is 0.266. The van der Waals surface area contributed by atoms with E-state index in [4.69, 9.17) is 16.3 Å². The Morgan fingerprint density at radius 1 is 1.26 bits per heavy atom. The molecule has 1 aliphatic rings. The largest absolute Gasteiger partial charge is 0.438 e. The quantitative estimate of drug-likeness (QED) is 0.611. The first kappa shape index (κ1) is 17.0. The van der Waals surface area contributed by atoms with Gasteiger partial charge in [-0.25, -0.2) is 19.7 Å². The van der Waals surface area contributed by atoms with Crippen LogP contribution in [0.4, 0.5) is 10.7 Å². The number of halogens is 1. The minimum absolute atomic E-state index is 0.266. The molecule has 5 nitrogen and oxygen atoms in total. The molecule has 1 saturated heterocycles. The smallest absolute Gasteiger partial charge is 0.417 e. The molecule has 1 fully saturated rings. The van der Waals surface area contributed by atoms with Crippen molar-refractivity contribution in [3.63, 3.8) is 0 Å². The summed E-state index contributed by atoms with van der Waals surface area (Å²) >= 11 is 5.83. The summed E-state index contributed by atoms with van der Waals surface area (Å²) in [4.78, 5) is 21.8. The monoisotopic (exact) mass is 331 g/mol. The maximum absolute atomic E-state index is 12.3. The first-order valence-electron chi connectivity index (χ1n) is 7.13. The highest BCUT2D eigenvalue weighted by Crippen LogP contribution is 2.34.